The first-order valence-corrected chi connectivity index (χ1v) is 9.03. The van der Waals surface area contributed by atoms with Gasteiger partial charge in [0.25, 0.3) is 0 Å². The Balaban J connectivity index is 2.03. The van der Waals surface area contributed by atoms with E-state index >= 15 is 0 Å². The van der Waals surface area contributed by atoms with Gasteiger partial charge in [0.1, 0.15) is 5.82 Å². The van der Waals surface area contributed by atoms with Crippen LogP contribution in [0, 0.1) is 12.8 Å². The highest BCUT2D eigenvalue weighted by atomic mass is 79.9. The van der Waals surface area contributed by atoms with Gasteiger partial charge < -0.3 is 0 Å². The molecule has 2 rings (SSSR count). The maximum atomic E-state index is 12.1. The quantitative estimate of drug-likeness (QED) is 0.907. The standard InChI is InChI=1S/C13H19BrN2O2S/c1-10-7-12(14)8-15-13(10)16-19(17,18)9-11-5-3-2-4-6-11/h7-8,11H,2-6,9H2,1H3,(H,15,16). The molecular formula is C13H19BrN2O2S. The summed E-state index contributed by atoms with van der Waals surface area (Å²) in [5, 5.41) is 0. The molecule has 1 N–H and O–H groups in total. The first kappa shape index (κ1) is 14.8. The van der Waals surface area contributed by atoms with Crippen LogP contribution in [-0.4, -0.2) is 19.2 Å². The summed E-state index contributed by atoms with van der Waals surface area (Å²) in [4.78, 5) is 4.12. The summed E-state index contributed by atoms with van der Waals surface area (Å²) >= 11 is 3.32. The fourth-order valence-corrected chi connectivity index (χ4v) is 4.49. The minimum absolute atomic E-state index is 0.212. The van der Waals surface area contributed by atoms with Crippen LogP contribution in [0.3, 0.4) is 0 Å². The third kappa shape index (κ3) is 4.45. The lowest BCUT2D eigenvalue weighted by Crippen LogP contribution is -2.25. The zero-order valence-corrected chi connectivity index (χ0v) is 13.4. The van der Waals surface area contributed by atoms with Crippen molar-refractivity contribution in [1.82, 2.24) is 4.98 Å². The molecule has 19 heavy (non-hydrogen) atoms. The molecule has 1 fully saturated rings. The Bertz CT molecular complexity index is 540. The number of nitrogens with zero attached hydrogens (tertiary/aromatic N) is 1. The van der Waals surface area contributed by atoms with Crippen LogP contribution < -0.4 is 4.72 Å². The van der Waals surface area contributed by atoms with Crippen LogP contribution in [0.15, 0.2) is 16.7 Å². The molecule has 0 atom stereocenters. The highest BCUT2D eigenvalue weighted by Gasteiger charge is 2.22. The lowest BCUT2D eigenvalue weighted by atomic mass is 9.91. The summed E-state index contributed by atoms with van der Waals surface area (Å²) in [5.74, 6) is 0.936. The van der Waals surface area contributed by atoms with Crippen molar-refractivity contribution < 1.29 is 8.42 Å². The molecule has 1 aromatic heterocycles. The predicted molar refractivity (Wildman–Crippen MR) is 80.7 cm³/mol. The molecule has 1 aromatic rings. The van der Waals surface area contributed by atoms with Crippen molar-refractivity contribution >= 4 is 31.8 Å². The third-order valence-electron chi connectivity index (χ3n) is 3.48. The van der Waals surface area contributed by atoms with E-state index in [1.165, 1.54) is 6.42 Å². The van der Waals surface area contributed by atoms with Crippen LogP contribution in [0.25, 0.3) is 0 Å². The molecule has 4 nitrogen and oxygen atoms in total. The average Bonchev–Trinajstić information content (AvgIpc) is 2.33. The van der Waals surface area contributed by atoms with Crippen LogP contribution in [0.2, 0.25) is 0 Å². The Morgan fingerprint density at radius 3 is 2.68 bits per heavy atom. The van der Waals surface area contributed by atoms with Crippen molar-refractivity contribution in [3.05, 3.63) is 22.3 Å². The SMILES string of the molecule is Cc1cc(Br)cnc1NS(=O)(=O)CC1CCCCC1. The Morgan fingerprint density at radius 1 is 1.37 bits per heavy atom. The number of hydrogen-bond donors (Lipinski definition) is 1. The molecule has 0 spiro atoms. The van der Waals surface area contributed by atoms with Gasteiger partial charge in [-0.25, -0.2) is 13.4 Å². The van der Waals surface area contributed by atoms with Gasteiger partial charge in [-0.3, -0.25) is 4.72 Å². The van der Waals surface area contributed by atoms with Gasteiger partial charge in [-0.15, -0.1) is 0 Å². The van der Waals surface area contributed by atoms with E-state index in [2.05, 4.69) is 25.6 Å². The zero-order chi connectivity index (χ0) is 13.9. The van der Waals surface area contributed by atoms with E-state index in [-0.39, 0.29) is 5.75 Å². The second-order valence-electron chi connectivity index (χ2n) is 5.21. The Hall–Kier alpha value is -0.620. The van der Waals surface area contributed by atoms with Crippen molar-refractivity contribution in [2.75, 3.05) is 10.5 Å². The van der Waals surface area contributed by atoms with Gasteiger partial charge >= 0.3 is 0 Å². The topological polar surface area (TPSA) is 59.1 Å². The van der Waals surface area contributed by atoms with Crippen LogP contribution in [0.1, 0.15) is 37.7 Å². The molecule has 0 radical (unpaired) electrons. The van der Waals surface area contributed by atoms with E-state index < -0.39 is 10.0 Å². The van der Waals surface area contributed by atoms with E-state index in [0.29, 0.717) is 11.7 Å². The van der Waals surface area contributed by atoms with Crippen molar-refractivity contribution in [3.63, 3.8) is 0 Å². The largest absolute Gasteiger partial charge is 0.267 e. The maximum absolute atomic E-state index is 12.1. The number of rotatable bonds is 4. The van der Waals surface area contributed by atoms with E-state index in [0.717, 1.165) is 35.7 Å². The smallest absolute Gasteiger partial charge is 0.234 e. The maximum Gasteiger partial charge on any atom is 0.234 e. The Kier molecular flexibility index (Phi) is 4.84. The van der Waals surface area contributed by atoms with E-state index in [1.54, 1.807) is 6.20 Å². The third-order valence-corrected chi connectivity index (χ3v) is 5.33. The molecule has 106 valence electrons. The summed E-state index contributed by atoms with van der Waals surface area (Å²) in [5.41, 5.74) is 0.821. The second-order valence-corrected chi connectivity index (χ2v) is 7.89. The van der Waals surface area contributed by atoms with Gasteiger partial charge in [0.2, 0.25) is 10.0 Å². The van der Waals surface area contributed by atoms with Crippen LogP contribution in [-0.2, 0) is 10.0 Å². The van der Waals surface area contributed by atoms with Crippen molar-refractivity contribution in [2.24, 2.45) is 5.92 Å². The molecule has 0 bridgehead atoms. The number of anilines is 1. The highest BCUT2D eigenvalue weighted by Crippen LogP contribution is 2.26. The molecule has 0 amide bonds. The monoisotopic (exact) mass is 346 g/mol. The van der Waals surface area contributed by atoms with Gasteiger partial charge in [0, 0.05) is 10.7 Å². The molecule has 0 aliphatic heterocycles. The molecule has 1 aliphatic rings. The second kappa shape index (κ2) is 6.22. The lowest BCUT2D eigenvalue weighted by molar-refractivity contribution is 0.385. The zero-order valence-electron chi connectivity index (χ0n) is 11.0. The van der Waals surface area contributed by atoms with Gasteiger partial charge in [0.05, 0.1) is 5.75 Å². The van der Waals surface area contributed by atoms with Crippen LogP contribution in [0.4, 0.5) is 5.82 Å². The number of hydrogen-bond acceptors (Lipinski definition) is 3. The number of aromatic nitrogens is 1. The summed E-state index contributed by atoms with van der Waals surface area (Å²) in [6.07, 6.45) is 7.18. The average molecular weight is 347 g/mol. The number of nitrogens with one attached hydrogen (secondary N) is 1. The summed E-state index contributed by atoms with van der Waals surface area (Å²) < 4.78 is 27.7. The fourth-order valence-electron chi connectivity index (χ4n) is 2.50. The Morgan fingerprint density at radius 2 is 2.05 bits per heavy atom. The first-order valence-electron chi connectivity index (χ1n) is 6.59. The van der Waals surface area contributed by atoms with Gasteiger partial charge in [-0.1, -0.05) is 19.3 Å². The Labute approximate surface area is 123 Å². The van der Waals surface area contributed by atoms with Gasteiger partial charge in [0.15, 0.2) is 0 Å². The van der Waals surface area contributed by atoms with Gasteiger partial charge in [-0.05, 0) is 53.2 Å². The van der Waals surface area contributed by atoms with E-state index in [1.807, 2.05) is 13.0 Å². The molecule has 0 saturated heterocycles. The molecule has 0 unspecified atom stereocenters. The summed E-state index contributed by atoms with van der Waals surface area (Å²) in [6.45, 7) is 1.84. The summed E-state index contributed by atoms with van der Waals surface area (Å²) in [7, 11) is -3.30. The molecule has 6 heteroatoms. The molecular weight excluding hydrogens is 328 g/mol. The number of sulfonamides is 1. The molecule has 1 saturated carbocycles. The van der Waals surface area contributed by atoms with Crippen LogP contribution >= 0.6 is 15.9 Å². The van der Waals surface area contributed by atoms with Crippen molar-refractivity contribution in [2.45, 2.75) is 39.0 Å². The molecule has 1 aliphatic carbocycles. The predicted octanol–water partition coefficient (Wildman–Crippen LogP) is 3.47. The number of halogens is 1. The van der Waals surface area contributed by atoms with E-state index in [4.69, 9.17) is 0 Å². The minimum Gasteiger partial charge on any atom is -0.267 e. The van der Waals surface area contributed by atoms with Crippen molar-refractivity contribution in [1.29, 1.82) is 0 Å². The normalized spacial score (nSPS) is 17.4. The summed E-state index contributed by atoms with van der Waals surface area (Å²) in [6, 6.07) is 1.85. The first-order chi connectivity index (χ1) is 8.96. The van der Waals surface area contributed by atoms with Gasteiger partial charge in [-0.2, -0.15) is 0 Å². The molecule has 1 heterocycles. The number of pyridine rings is 1. The number of aryl methyl sites for hydroxylation is 1. The lowest BCUT2D eigenvalue weighted by Gasteiger charge is -2.21. The van der Waals surface area contributed by atoms with Crippen LogP contribution in [0.5, 0.6) is 0 Å². The minimum atomic E-state index is -3.30. The fraction of sp³-hybridized carbons (Fsp3) is 0.615. The highest BCUT2D eigenvalue weighted by molar-refractivity contribution is 9.10. The molecule has 0 aromatic carbocycles. The van der Waals surface area contributed by atoms with E-state index in [9.17, 15) is 8.42 Å². The van der Waals surface area contributed by atoms with Crippen molar-refractivity contribution in [3.8, 4) is 0 Å².